The summed E-state index contributed by atoms with van der Waals surface area (Å²) >= 11 is 0. The van der Waals surface area contributed by atoms with Gasteiger partial charge in [0.2, 0.25) is 5.91 Å². The van der Waals surface area contributed by atoms with Crippen molar-refractivity contribution in [3.05, 3.63) is 29.7 Å². The Labute approximate surface area is 156 Å². The average Bonchev–Trinajstić information content (AvgIpc) is 3.31. The summed E-state index contributed by atoms with van der Waals surface area (Å²) in [6.07, 6.45) is 4.53. The van der Waals surface area contributed by atoms with E-state index >= 15 is 0 Å². The fourth-order valence-electron chi connectivity index (χ4n) is 3.47. The van der Waals surface area contributed by atoms with Crippen LogP contribution in [0.4, 0.5) is 10.6 Å². The maximum atomic E-state index is 11.9. The van der Waals surface area contributed by atoms with E-state index in [1.165, 1.54) is 4.90 Å². The molecule has 4 rings (SSSR count). The second-order valence-corrected chi connectivity index (χ2v) is 6.84. The van der Waals surface area contributed by atoms with Crippen LogP contribution in [0.2, 0.25) is 0 Å². The van der Waals surface area contributed by atoms with Crippen LogP contribution in [0.5, 0.6) is 0 Å². The maximum Gasteiger partial charge on any atom is 0.324 e. The Morgan fingerprint density at radius 3 is 2.81 bits per heavy atom. The van der Waals surface area contributed by atoms with Crippen LogP contribution in [0.15, 0.2) is 18.5 Å². The number of carbonyl (C=O) groups excluding carboxylic acids is 2. The number of rotatable bonds is 5. The maximum absolute atomic E-state index is 11.9. The molecule has 0 aromatic carbocycles. The number of nitrogen functional groups attached to an aromatic ring is 1. The van der Waals surface area contributed by atoms with E-state index in [1.54, 1.807) is 16.8 Å². The number of anilines is 1. The summed E-state index contributed by atoms with van der Waals surface area (Å²) < 4.78 is 1.62. The zero-order valence-corrected chi connectivity index (χ0v) is 15.3. The van der Waals surface area contributed by atoms with Gasteiger partial charge in [-0.2, -0.15) is 9.61 Å². The molecule has 2 aromatic heterocycles. The second-order valence-electron chi connectivity index (χ2n) is 6.84. The fourth-order valence-corrected chi connectivity index (χ4v) is 3.47. The number of nitrogens with zero attached hydrogens (tertiary/aromatic N) is 5. The van der Waals surface area contributed by atoms with Crippen molar-refractivity contribution in [2.45, 2.75) is 19.3 Å². The van der Waals surface area contributed by atoms with Gasteiger partial charge in [-0.1, -0.05) is 6.92 Å². The topological polar surface area (TPSA) is 121 Å². The average molecular weight is 370 g/mol. The van der Waals surface area contributed by atoms with Gasteiger partial charge in [0.25, 0.3) is 0 Å². The summed E-state index contributed by atoms with van der Waals surface area (Å²) in [5, 5.41) is 8.56. The summed E-state index contributed by atoms with van der Waals surface area (Å²) in [4.78, 5) is 29.6. The van der Waals surface area contributed by atoms with Crippen LogP contribution in [-0.2, 0) is 4.79 Å². The first-order chi connectivity index (χ1) is 13.0. The lowest BCUT2D eigenvalue weighted by Gasteiger charge is -2.21. The zero-order valence-electron chi connectivity index (χ0n) is 15.3. The molecule has 2 aromatic rings. The van der Waals surface area contributed by atoms with Gasteiger partial charge in [-0.05, 0) is 12.0 Å². The number of nitrogens with two attached hydrogens (primary N) is 1. The number of hydrazine groups is 1. The Kier molecular flexibility index (Phi) is 4.19. The highest BCUT2D eigenvalue weighted by Crippen LogP contribution is 2.27. The molecule has 2 aliphatic heterocycles. The number of amides is 3. The highest BCUT2D eigenvalue weighted by atomic mass is 16.2. The van der Waals surface area contributed by atoms with Crippen LogP contribution >= 0.6 is 0 Å². The normalized spacial score (nSPS) is 18.4. The molecule has 0 aliphatic carbocycles. The number of carbonyl (C=O) groups is 2. The predicted molar refractivity (Wildman–Crippen MR) is 99.3 cm³/mol. The highest BCUT2D eigenvalue weighted by Gasteiger charge is 2.29. The van der Waals surface area contributed by atoms with Crippen molar-refractivity contribution in [2.75, 3.05) is 32.4 Å². The van der Waals surface area contributed by atoms with Crippen LogP contribution in [0.1, 0.15) is 30.5 Å². The number of hydrogen-bond acceptors (Lipinski definition) is 7. The molecule has 4 N–H and O–H groups in total. The summed E-state index contributed by atoms with van der Waals surface area (Å²) in [7, 11) is 1.93. The third kappa shape index (κ3) is 3.08. The van der Waals surface area contributed by atoms with Crippen molar-refractivity contribution in [3.8, 4) is 0 Å². The van der Waals surface area contributed by atoms with Crippen LogP contribution in [0.3, 0.4) is 0 Å². The first-order valence-electron chi connectivity index (χ1n) is 8.86. The zero-order chi connectivity index (χ0) is 19.1. The number of fused-ring (bicyclic) bond motifs is 1. The van der Waals surface area contributed by atoms with Crippen molar-refractivity contribution >= 4 is 29.0 Å². The molecule has 4 heterocycles. The third-order valence-corrected chi connectivity index (χ3v) is 4.95. The summed E-state index contributed by atoms with van der Waals surface area (Å²) in [5.74, 6) is 0.178. The monoisotopic (exact) mass is 370 g/mol. The Morgan fingerprint density at radius 2 is 2.19 bits per heavy atom. The third-order valence-electron chi connectivity index (χ3n) is 4.95. The van der Waals surface area contributed by atoms with E-state index in [-0.39, 0.29) is 24.4 Å². The molecule has 1 fully saturated rings. The molecule has 0 bridgehead atoms. The molecule has 2 aliphatic rings. The molecule has 3 amide bonds. The van der Waals surface area contributed by atoms with Crippen molar-refractivity contribution < 1.29 is 9.59 Å². The van der Waals surface area contributed by atoms with E-state index in [0.29, 0.717) is 24.6 Å². The van der Waals surface area contributed by atoms with Gasteiger partial charge in [-0.15, -0.1) is 0 Å². The van der Waals surface area contributed by atoms with Gasteiger partial charge in [0, 0.05) is 43.9 Å². The van der Waals surface area contributed by atoms with Crippen molar-refractivity contribution in [1.82, 2.24) is 35.2 Å². The Bertz CT molecular complexity index is 950. The molecule has 1 saturated heterocycles. The summed E-state index contributed by atoms with van der Waals surface area (Å²) in [6, 6.07) is 1.43. The molecule has 27 heavy (non-hydrogen) atoms. The van der Waals surface area contributed by atoms with Crippen molar-refractivity contribution in [1.29, 1.82) is 0 Å². The van der Waals surface area contributed by atoms with Gasteiger partial charge in [0.05, 0.1) is 11.9 Å². The van der Waals surface area contributed by atoms with E-state index in [9.17, 15) is 9.59 Å². The lowest BCUT2D eigenvalue weighted by atomic mass is 10.0. The van der Waals surface area contributed by atoms with E-state index in [0.717, 1.165) is 23.3 Å². The SMILES string of the molecule is CCC(CN1CC(=O)NC1=O)c1cc(N)n2ncc(C3=CN(C)NC3)c2n1. The van der Waals surface area contributed by atoms with Gasteiger partial charge in [0.15, 0.2) is 5.65 Å². The molecule has 1 unspecified atom stereocenters. The van der Waals surface area contributed by atoms with E-state index in [2.05, 4.69) is 15.8 Å². The molecule has 1 atom stereocenters. The molecular formula is C17H22N8O2. The molecule has 0 saturated carbocycles. The number of urea groups is 1. The first-order valence-corrected chi connectivity index (χ1v) is 8.86. The number of nitrogens with one attached hydrogen (secondary N) is 2. The van der Waals surface area contributed by atoms with Crippen molar-refractivity contribution in [3.63, 3.8) is 0 Å². The summed E-state index contributed by atoms with van der Waals surface area (Å²) in [6.45, 7) is 3.21. The van der Waals surface area contributed by atoms with Gasteiger partial charge < -0.3 is 15.6 Å². The first kappa shape index (κ1) is 17.3. The van der Waals surface area contributed by atoms with Gasteiger partial charge in [-0.3, -0.25) is 10.1 Å². The van der Waals surface area contributed by atoms with Crippen LogP contribution < -0.4 is 16.5 Å². The Balaban J connectivity index is 1.69. The van der Waals surface area contributed by atoms with Crippen LogP contribution in [0.25, 0.3) is 11.2 Å². The van der Waals surface area contributed by atoms with E-state index < -0.39 is 0 Å². The van der Waals surface area contributed by atoms with Crippen LogP contribution in [0, 0.1) is 0 Å². The minimum Gasteiger partial charge on any atom is -0.384 e. The Morgan fingerprint density at radius 1 is 1.37 bits per heavy atom. The van der Waals surface area contributed by atoms with E-state index in [4.69, 9.17) is 10.7 Å². The molecule has 142 valence electrons. The number of imide groups is 1. The number of hydrogen-bond donors (Lipinski definition) is 3. The Hall–Kier alpha value is -3.14. The quantitative estimate of drug-likeness (QED) is 0.641. The lowest BCUT2D eigenvalue weighted by molar-refractivity contribution is -0.118. The van der Waals surface area contributed by atoms with Gasteiger partial charge >= 0.3 is 6.03 Å². The lowest BCUT2D eigenvalue weighted by Crippen LogP contribution is -2.32. The highest BCUT2D eigenvalue weighted by molar-refractivity contribution is 6.01. The van der Waals surface area contributed by atoms with Crippen molar-refractivity contribution in [2.24, 2.45) is 0 Å². The summed E-state index contributed by atoms with van der Waals surface area (Å²) in [5.41, 5.74) is 12.9. The van der Waals surface area contributed by atoms with Gasteiger partial charge in [-0.25, -0.2) is 15.2 Å². The van der Waals surface area contributed by atoms with Crippen LogP contribution in [-0.4, -0.2) is 63.1 Å². The fraction of sp³-hybridized carbons (Fsp3) is 0.412. The van der Waals surface area contributed by atoms with E-state index in [1.807, 2.05) is 25.2 Å². The predicted octanol–water partition coefficient (Wildman–Crippen LogP) is 0.148. The molecule has 10 heteroatoms. The molecule has 0 spiro atoms. The minimum absolute atomic E-state index is 0.0324. The number of aromatic nitrogens is 3. The minimum atomic E-state index is -0.359. The molecular weight excluding hydrogens is 348 g/mol. The molecule has 0 radical (unpaired) electrons. The smallest absolute Gasteiger partial charge is 0.324 e. The second kappa shape index (κ2) is 6.54. The molecule has 10 nitrogen and oxygen atoms in total. The largest absolute Gasteiger partial charge is 0.384 e. The standard InChI is InChI=1S/C17H22N8O2/c1-3-10(8-24-9-15(26)22-17(24)27)13-4-14(18)25-16(21-13)12(6-20-25)11-5-19-23(2)7-11/h4,6-7,10,19H,3,5,8-9,18H2,1-2H3,(H,22,26,27). The van der Waals surface area contributed by atoms with Gasteiger partial charge in [0.1, 0.15) is 12.4 Å².